The highest BCUT2D eigenvalue weighted by Gasteiger charge is 2.29. The number of benzene rings is 1. The molecule has 1 heterocycles. The van der Waals surface area contributed by atoms with Gasteiger partial charge in [-0.1, -0.05) is 30.3 Å². The van der Waals surface area contributed by atoms with Gasteiger partial charge in [0.15, 0.2) is 0 Å². The van der Waals surface area contributed by atoms with Gasteiger partial charge in [-0.2, -0.15) is 0 Å². The lowest BCUT2D eigenvalue weighted by Gasteiger charge is -2.40. The van der Waals surface area contributed by atoms with Crippen molar-refractivity contribution >= 4 is 11.8 Å². The lowest BCUT2D eigenvalue weighted by atomic mass is 9.89. The maximum absolute atomic E-state index is 11.2. The maximum Gasteiger partial charge on any atom is 0.407 e. The Morgan fingerprint density at radius 2 is 1.77 bits per heavy atom. The van der Waals surface area contributed by atoms with E-state index in [1.807, 2.05) is 19.2 Å². The van der Waals surface area contributed by atoms with Gasteiger partial charge >= 0.3 is 6.09 Å². The molecule has 1 aromatic heterocycles. The summed E-state index contributed by atoms with van der Waals surface area (Å²) in [6.07, 6.45) is 4.84. The molecule has 1 aromatic carbocycles. The van der Waals surface area contributed by atoms with E-state index in [2.05, 4.69) is 46.3 Å². The highest BCUT2D eigenvalue weighted by molar-refractivity contribution is 5.65. The van der Waals surface area contributed by atoms with Gasteiger partial charge in [0.2, 0.25) is 0 Å². The molecule has 1 aliphatic rings. The number of anilines is 1. The van der Waals surface area contributed by atoms with Crippen LogP contribution in [0.15, 0.2) is 48.7 Å². The molecule has 0 aliphatic heterocycles. The molecule has 3 rings (SSSR count). The molecule has 1 saturated carbocycles. The molecule has 1 fully saturated rings. The molecule has 138 valence electrons. The first kappa shape index (κ1) is 18.2. The quantitative estimate of drug-likeness (QED) is 0.870. The Kier molecular flexibility index (Phi) is 5.76. The van der Waals surface area contributed by atoms with Gasteiger partial charge in [-0.25, -0.2) is 4.79 Å². The Morgan fingerprint density at radius 1 is 1.12 bits per heavy atom. The second-order valence-electron chi connectivity index (χ2n) is 7.12. The van der Waals surface area contributed by atoms with Gasteiger partial charge in [-0.15, -0.1) is 0 Å². The maximum atomic E-state index is 11.2. The molecule has 0 atom stereocenters. The summed E-state index contributed by atoms with van der Waals surface area (Å²) in [5.74, 6) is 0. The zero-order chi connectivity index (χ0) is 18.5. The van der Waals surface area contributed by atoms with Crippen molar-refractivity contribution in [1.82, 2.24) is 9.88 Å². The Balaban J connectivity index is 1.77. The molecule has 0 bridgehead atoms. The minimum Gasteiger partial charge on any atom is -0.465 e. The predicted molar refractivity (Wildman–Crippen MR) is 103 cm³/mol. The van der Waals surface area contributed by atoms with E-state index in [-0.39, 0.29) is 6.04 Å². The summed E-state index contributed by atoms with van der Waals surface area (Å²) in [5.41, 5.74) is 3.49. The number of carbonyl (C=O) groups is 1. The van der Waals surface area contributed by atoms with Crippen LogP contribution < -0.4 is 4.90 Å². The van der Waals surface area contributed by atoms with E-state index < -0.39 is 6.09 Å². The van der Waals surface area contributed by atoms with Crippen LogP contribution >= 0.6 is 0 Å². The lowest BCUT2D eigenvalue weighted by molar-refractivity contribution is 0.123. The van der Waals surface area contributed by atoms with E-state index in [9.17, 15) is 9.90 Å². The number of hydrogen-bond donors (Lipinski definition) is 1. The summed E-state index contributed by atoms with van der Waals surface area (Å²) >= 11 is 0. The fraction of sp³-hybridized carbons (Fsp3) is 0.429. The van der Waals surface area contributed by atoms with Gasteiger partial charge in [0.25, 0.3) is 0 Å². The molecule has 2 aromatic rings. The Labute approximate surface area is 155 Å². The van der Waals surface area contributed by atoms with Crippen molar-refractivity contribution in [3.63, 3.8) is 0 Å². The monoisotopic (exact) mass is 353 g/mol. The number of hydrogen-bond acceptors (Lipinski definition) is 3. The third kappa shape index (κ3) is 4.34. The molecule has 5 nitrogen and oxygen atoms in total. The Hall–Kier alpha value is -2.56. The molecule has 1 amide bonds. The largest absolute Gasteiger partial charge is 0.465 e. The van der Waals surface area contributed by atoms with Crippen molar-refractivity contribution in [3.8, 4) is 0 Å². The Bertz CT molecular complexity index is 727. The smallest absolute Gasteiger partial charge is 0.407 e. The lowest BCUT2D eigenvalue weighted by Crippen LogP contribution is -2.44. The summed E-state index contributed by atoms with van der Waals surface area (Å²) in [7, 11) is 1.68. The second-order valence-corrected chi connectivity index (χ2v) is 7.12. The van der Waals surface area contributed by atoms with Crippen LogP contribution in [-0.4, -0.2) is 40.2 Å². The molecule has 0 saturated heterocycles. The summed E-state index contributed by atoms with van der Waals surface area (Å²) in [5, 5.41) is 9.22. The summed E-state index contributed by atoms with van der Waals surface area (Å²) in [4.78, 5) is 19.5. The van der Waals surface area contributed by atoms with Gasteiger partial charge in [-0.3, -0.25) is 4.98 Å². The molecular weight excluding hydrogens is 326 g/mol. The molecular formula is C21H27N3O2. The first-order valence-corrected chi connectivity index (χ1v) is 9.23. The molecule has 0 spiro atoms. The number of nitrogens with zero attached hydrogens (tertiary/aromatic N) is 3. The zero-order valence-corrected chi connectivity index (χ0v) is 15.5. The van der Waals surface area contributed by atoms with Crippen molar-refractivity contribution in [2.75, 3.05) is 11.9 Å². The zero-order valence-electron chi connectivity index (χ0n) is 15.5. The molecule has 1 N–H and O–H groups in total. The standard InChI is InChI=1S/C21H27N3O2/c1-16-14-20(12-13-22-16)24(15-17-6-4-3-5-7-17)19-10-8-18(9-11-19)23(2)21(25)26/h3-7,12-14,18-19H,8-11,15H2,1-2H3,(H,25,26). The molecule has 26 heavy (non-hydrogen) atoms. The van der Waals surface area contributed by atoms with E-state index in [1.165, 1.54) is 16.2 Å². The summed E-state index contributed by atoms with van der Waals surface area (Å²) in [6.45, 7) is 2.87. The van der Waals surface area contributed by atoms with Crippen LogP contribution in [0, 0.1) is 6.92 Å². The van der Waals surface area contributed by atoms with Gasteiger partial charge in [-0.05, 0) is 50.3 Å². The molecule has 0 radical (unpaired) electrons. The van der Waals surface area contributed by atoms with E-state index in [1.54, 1.807) is 7.05 Å². The number of pyridine rings is 1. The van der Waals surface area contributed by atoms with Gasteiger partial charge in [0.05, 0.1) is 0 Å². The number of rotatable bonds is 5. The van der Waals surface area contributed by atoms with Crippen molar-refractivity contribution in [3.05, 3.63) is 59.9 Å². The van der Waals surface area contributed by atoms with Crippen LogP contribution in [0.3, 0.4) is 0 Å². The fourth-order valence-corrected chi connectivity index (χ4v) is 3.83. The first-order chi connectivity index (χ1) is 12.5. The fourth-order valence-electron chi connectivity index (χ4n) is 3.83. The van der Waals surface area contributed by atoms with Crippen LogP contribution in [0.2, 0.25) is 0 Å². The predicted octanol–water partition coefficient (Wildman–Crippen LogP) is 4.32. The number of aryl methyl sites for hydroxylation is 1. The average molecular weight is 353 g/mol. The normalized spacial score (nSPS) is 19.8. The highest BCUT2D eigenvalue weighted by atomic mass is 16.4. The van der Waals surface area contributed by atoms with Crippen molar-refractivity contribution in [2.24, 2.45) is 0 Å². The molecule has 1 aliphatic carbocycles. The van der Waals surface area contributed by atoms with Gasteiger partial charge < -0.3 is 14.9 Å². The third-order valence-electron chi connectivity index (χ3n) is 5.36. The van der Waals surface area contributed by atoms with Crippen LogP contribution in [0.5, 0.6) is 0 Å². The van der Waals surface area contributed by atoms with Gasteiger partial charge in [0, 0.05) is 43.3 Å². The van der Waals surface area contributed by atoms with E-state index in [0.717, 1.165) is 37.9 Å². The first-order valence-electron chi connectivity index (χ1n) is 9.23. The SMILES string of the molecule is Cc1cc(N(Cc2ccccc2)C2CCC(N(C)C(=O)O)CC2)ccn1. The summed E-state index contributed by atoms with van der Waals surface area (Å²) in [6, 6.07) is 15.3. The van der Waals surface area contributed by atoms with Crippen LogP contribution in [0.1, 0.15) is 36.9 Å². The average Bonchev–Trinajstić information content (AvgIpc) is 2.66. The van der Waals surface area contributed by atoms with E-state index in [4.69, 9.17) is 0 Å². The van der Waals surface area contributed by atoms with Gasteiger partial charge in [0.1, 0.15) is 0 Å². The molecule has 5 heteroatoms. The molecule has 0 unspecified atom stereocenters. The van der Waals surface area contributed by atoms with Crippen LogP contribution in [0.4, 0.5) is 10.5 Å². The second kappa shape index (κ2) is 8.21. The third-order valence-corrected chi connectivity index (χ3v) is 5.36. The van der Waals surface area contributed by atoms with Crippen molar-refractivity contribution < 1.29 is 9.90 Å². The highest BCUT2D eigenvalue weighted by Crippen LogP contribution is 2.31. The number of carboxylic acid groups (broad SMARTS) is 1. The van der Waals surface area contributed by atoms with Crippen LogP contribution in [0.25, 0.3) is 0 Å². The summed E-state index contributed by atoms with van der Waals surface area (Å²) < 4.78 is 0. The van der Waals surface area contributed by atoms with Crippen molar-refractivity contribution in [1.29, 1.82) is 0 Å². The minimum atomic E-state index is -0.834. The topological polar surface area (TPSA) is 56.7 Å². The number of aromatic nitrogens is 1. The van der Waals surface area contributed by atoms with E-state index >= 15 is 0 Å². The number of amides is 1. The van der Waals surface area contributed by atoms with E-state index in [0.29, 0.717) is 6.04 Å². The van der Waals surface area contributed by atoms with Crippen LogP contribution in [-0.2, 0) is 6.54 Å². The minimum absolute atomic E-state index is 0.126. The Morgan fingerprint density at radius 3 is 2.38 bits per heavy atom. The van der Waals surface area contributed by atoms with Crippen molar-refractivity contribution in [2.45, 2.75) is 51.2 Å².